The van der Waals surface area contributed by atoms with Crippen molar-refractivity contribution in [1.29, 1.82) is 0 Å². The van der Waals surface area contributed by atoms with Crippen molar-refractivity contribution in [1.82, 2.24) is 5.32 Å². The summed E-state index contributed by atoms with van der Waals surface area (Å²) in [5, 5.41) is 2.97. The average molecular weight is 315 g/mol. The third-order valence-corrected chi connectivity index (χ3v) is 4.07. The number of rotatable bonds is 5. The molecular weight excluding hydrogens is 294 g/mol. The van der Waals surface area contributed by atoms with Crippen molar-refractivity contribution in [2.45, 2.75) is 13.3 Å². The van der Waals surface area contributed by atoms with Gasteiger partial charge in [-0.1, -0.05) is 72.3 Å². The highest BCUT2D eigenvalue weighted by atomic mass is 16.1. The van der Waals surface area contributed by atoms with Crippen LogP contribution in [0.4, 0.5) is 0 Å². The van der Waals surface area contributed by atoms with Crippen molar-refractivity contribution >= 4 is 5.91 Å². The van der Waals surface area contributed by atoms with Crippen LogP contribution in [0.15, 0.2) is 78.9 Å². The second kappa shape index (κ2) is 7.60. The van der Waals surface area contributed by atoms with Gasteiger partial charge in [0.15, 0.2) is 0 Å². The van der Waals surface area contributed by atoms with Gasteiger partial charge in [0, 0.05) is 12.1 Å². The third kappa shape index (κ3) is 4.11. The van der Waals surface area contributed by atoms with Crippen LogP contribution >= 0.6 is 0 Å². The van der Waals surface area contributed by atoms with Crippen LogP contribution in [-0.4, -0.2) is 12.5 Å². The first-order chi connectivity index (χ1) is 11.7. The number of carbonyl (C=O) groups excluding carboxylic acids is 1. The Morgan fingerprint density at radius 2 is 1.42 bits per heavy atom. The molecule has 0 bridgehead atoms. The first-order valence-corrected chi connectivity index (χ1v) is 8.21. The predicted molar refractivity (Wildman–Crippen MR) is 99.1 cm³/mol. The van der Waals surface area contributed by atoms with Crippen LogP contribution in [0.5, 0.6) is 0 Å². The number of aryl methyl sites for hydroxylation is 1. The Labute approximate surface area is 143 Å². The molecule has 3 rings (SSSR count). The highest BCUT2D eigenvalue weighted by Crippen LogP contribution is 2.19. The molecule has 0 fully saturated rings. The molecule has 3 aromatic carbocycles. The van der Waals surface area contributed by atoms with Gasteiger partial charge in [-0.2, -0.15) is 0 Å². The van der Waals surface area contributed by atoms with Gasteiger partial charge in [0.05, 0.1) is 0 Å². The third-order valence-electron chi connectivity index (χ3n) is 4.07. The van der Waals surface area contributed by atoms with Gasteiger partial charge in [0.25, 0.3) is 5.91 Å². The molecule has 24 heavy (non-hydrogen) atoms. The molecule has 120 valence electrons. The Morgan fingerprint density at radius 1 is 0.792 bits per heavy atom. The maximum Gasteiger partial charge on any atom is 0.251 e. The van der Waals surface area contributed by atoms with E-state index in [1.807, 2.05) is 49.4 Å². The monoisotopic (exact) mass is 315 g/mol. The van der Waals surface area contributed by atoms with Gasteiger partial charge < -0.3 is 5.32 Å². The van der Waals surface area contributed by atoms with Gasteiger partial charge in [-0.25, -0.2) is 0 Å². The second-order valence-corrected chi connectivity index (χ2v) is 5.93. The number of amides is 1. The fourth-order valence-corrected chi connectivity index (χ4v) is 2.62. The normalized spacial score (nSPS) is 10.4. The molecule has 0 unspecified atom stereocenters. The molecule has 0 aliphatic heterocycles. The van der Waals surface area contributed by atoms with Gasteiger partial charge >= 0.3 is 0 Å². The lowest BCUT2D eigenvalue weighted by Crippen LogP contribution is -2.25. The van der Waals surface area contributed by atoms with Gasteiger partial charge in [-0.05, 0) is 42.2 Å². The first-order valence-electron chi connectivity index (χ1n) is 8.21. The summed E-state index contributed by atoms with van der Waals surface area (Å²) in [6.07, 6.45) is 0.826. The summed E-state index contributed by atoms with van der Waals surface area (Å²) in [5.41, 5.74) is 5.52. The molecule has 0 saturated carbocycles. The van der Waals surface area contributed by atoms with Gasteiger partial charge in [-0.15, -0.1) is 0 Å². The van der Waals surface area contributed by atoms with Crippen LogP contribution in [0.1, 0.15) is 21.5 Å². The predicted octanol–water partition coefficient (Wildman–Crippen LogP) is 4.63. The zero-order chi connectivity index (χ0) is 16.8. The summed E-state index contributed by atoms with van der Waals surface area (Å²) >= 11 is 0. The van der Waals surface area contributed by atoms with E-state index in [0.717, 1.165) is 12.0 Å². The fraction of sp³-hybridized carbons (Fsp3) is 0.136. The molecule has 3 aromatic rings. The maximum absolute atomic E-state index is 12.1. The van der Waals surface area contributed by atoms with Crippen LogP contribution in [0.25, 0.3) is 11.1 Å². The van der Waals surface area contributed by atoms with Crippen molar-refractivity contribution in [3.8, 4) is 11.1 Å². The summed E-state index contributed by atoms with van der Waals surface area (Å²) in [5.74, 6) is -0.0177. The number of carbonyl (C=O) groups is 1. The van der Waals surface area contributed by atoms with E-state index in [2.05, 4.69) is 41.7 Å². The van der Waals surface area contributed by atoms with E-state index < -0.39 is 0 Å². The molecular formula is C22H21NO. The highest BCUT2D eigenvalue weighted by Gasteiger charge is 2.04. The number of nitrogens with one attached hydrogen (secondary N) is 1. The van der Waals surface area contributed by atoms with Gasteiger partial charge in [0.1, 0.15) is 0 Å². The molecule has 0 atom stereocenters. The van der Waals surface area contributed by atoms with E-state index in [0.29, 0.717) is 12.1 Å². The molecule has 0 heterocycles. The lowest BCUT2D eigenvalue weighted by molar-refractivity contribution is 0.0954. The van der Waals surface area contributed by atoms with Crippen LogP contribution in [0.3, 0.4) is 0 Å². The minimum atomic E-state index is -0.0177. The Balaban J connectivity index is 1.53. The zero-order valence-corrected chi connectivity index (χ0v) is 13.8. The Bertz CT molecular complexity index is 790. The van der Waals surface area contributed by atoms with E-state index in [9.17, 15) is 4.79 Å². The minimum absolute atomic E-state index is 0.0177. The topological polar surface area (TPSA) is 29.1 Å². The standard InChI is InChI=1S/C22H21NO/c1-17-7-11-21(12-8-17)22(24)23-16-15-18-9-13-20(14-10-18)19-5-3-2-4-6-19/h2-14H,15-16H2,1H3,(H,23,24). The quantitative estimate of drug-likeness (QED) is 0.730. The van der Waals surface area contributed by atoms with Crippen molar-refractivity contribution < 1.29 is 4.79 Å². The number of hydrogen-bond acceptors (Lipinski definition) is 1. The molecule has 0 saturated heterocycles. The first kappa shape index (κ1) is 16.0. The molecule has 2 nitrogen and oxygen atoms in total. The summed E-state index contributed by atoms with van der Waals surface area (Å²) < 4.78 is 0. The molecule has 0 aliphatic rings. The van der Waals surface area contributed by atoms with Crippen LogP contribution in [-0.2, 0) is 6.42 Å². The van der Waals surface area contributed by atoms with Gasteiger partial charge in [0.2, 0.25) is 0 Å². The van der Waals surface area contributed by atoms with Crippen molar-refractivity contribution in [3.05, 3.63) is 95.6 Å². The Kier molecular flexibility index (Phi) is 5.07. The number of benzene rings is 3. The second-order valence-electron chi connectivity index (χ2n) is 5.93. The molecule has 0 spiro atoms. The lowest BCUT2D eigenvalue weighted by atomic mass is 10.0. The largest absolute Gasteiger partial charge is 0.352 e. The SMILES string of the molecule is Cc1ccc(C(=O)NCCc2ccc(-c3ccccc3)cc2)cc1. The van der Waals surface area contributed by atoms with E-state index in [4.69, 9.17) is 0 Å². The van der Waals surface area contributed by atoms with Crippen molar-refractivity contribution in [2.24, 2.45) is 0 Å². The summed E-state index contributed by atoms with van der Waals surface area (Å²) in [6, 6.07) is 26.5. The molecule has 2 heteroatoms. The van der Waals surface area contributed by atoms with Crippen LogP contribution in [0.2, 0.25) is 0 Å². The fourth-order valence-electron chi connectivity index (χ4n) is 2.62. The smallest absolute Gasteiger partial charge is 0.251 e. The lowest BCUT2D eigenvalue weighted by Gasteiger charge is -2.07. The summed E-state index contributed by atoms with van der Waals surface area (Å²) in [7, 11) is 0. The minimum Gasteiger partial charge on any atom is -0.352 e. The zero-order valence-electron chi connectivity index (χ0n) is 13.8. The van der Waals surface area contributed by atoms with E-state index in [-0.39, 0.29) is 5.91 Å². The molecule has 0 radical (unpaired) electrons. The van der Waals surface area contributed by atoms with E-state index in [1.54, 1.807) is 0 Å². The molecule has 1 N–H and O–H groups in total. The van der Waals surface area contributed by atoms with Gasteiger partial charge in [-0.3, -0.25) is 4.79 Å². The van der Waals surface area contributed by atoms with E-state index in [1.165, 1.54) is 16.7 Å². The molecule has 0 aliphatic carbocycles. The Morgan fingerprint density at radius 3 is 2.08 bits per heavy atom. The van der Waals surface area contributed by atoms with E-state index >= 15 is 0 Å². The molecule has 1 amide bonds. The van der Waals surface area contributed by atoms with Crippen LogP contribution < -0.4 is 5.32 Å². The Hall–Kier alpha value is -2.87. The average Bonchev–Trinajstić information content (AvgIpc) is 2.63. The molecule has 0 aromatic heterocycles. The number of hydrogen-bond donors (Lipinski definition) is 1. The maximum atomic E-state index is 12.1. The van der Waals surface area contributed by atoms with Crippen LogP contribution in [0, 0.1) is 6.92 Å². The highest BCUT2D eigenvalue weighted by molar-refractivity contribution is 5.94. The summed E-state index contributed by atoms with van der Waals surface area (Å²) in [6.45, 7) is 2.65. The van der Waals surface area contributed by atoms with Crippen molar-refractivity contribution in [2.75, 3.05) is 6.54 Å². The van der Waals surface area contributed by atoms with Crippen molar-refractivity contribution in [3.63, 3.8) is 0 Å². The summed E-state index contributed by atoms with van der Waals surface area (Å²) in [4.78, 5) is 12.1.